The fourth-order valence-corrected chi connectivity index (χ4v) is 4.62. The molecule has 1 aliphatic carbocycles. The summed E-state index contributed by atoms with van der Waals surface area (Å²) in [7, 11) is -1.02. The van der Waals surface area contributed by atoms with Gasteiger partial charge >= 0.3 is 0 Å². The predicted octanol–water partition coefficient (Wildman–Crippen LogP) is 0.737. The number of hydrogen-bond donors (Lipinski definition) is 1. The van der Waals surface area contributed by atoms with Gasteiger partial charge in [0.25, 0.3) is 0 Å². The van der Waals surface area contributed by atoms with Gasteiger partial charge in [-0.1, -0.05) is 0 Å². The van der Waals surface area contributed by atoms with Crippen LogP contribution in [0.15, 0.2) is 0 Å². The Labute approximate surface area is 116 Å². The van der Waals surface area contributed by atoms with Crippen LogP contribution in [0.5, 0.6) is 0 Å². The summed E-state index contributed by atoms with van der Waals surface area (Å²) in [5.41, 5.74) is 0. The smallest absolute Gasteiger partial charge is 0.151 e. The lowest BCUT2D eigenvalue weighted by atomic mass is 9.95. The van der Waals surface area contributed by atoms with Crippen molar-refractivity contribution >= 4 is 9.84 Å². The minimum atomic E-state index is -2.78. The first-order valence-electron chi connectivity index (χ1n) is 7.17. The van der Waals surface area contributed by atoms with E-state index in [1.807, 2.05) is 0 Å². The quantitative estimate of drug-likeness (QED) is 0.731. The van der Waals surface area contributed by atoms with Crippen LogP contribution in [0.1, 0.15) is 32.1 Å². The average Bonchev–Trinajstić information content (AvgIpc) is 2.74. The molecular formula is C13H25NO4S. The normalized spacial score (nSPS) is 34.5. The zero-order valence-electron chi connectivity index (χ0n) is 11.6. The van der Waals surface area contributed by atoms with Crippen LogP contribution >= 0.6 is 0 Å². The molecule has 0 aromatic rings. The zero-order chi connectivity index (χ0) is 13.7. The van der Waals surface area contributed by atoms with Gasteiger partial charge < -0.3 is 14.8 Å². The van der Waals surface area contributed by atoms with Crippen molar-refractivity contribution in [1.82, 2.24) is 5.32 Å². The molecule has 1 aliphatic heterocycles. The molecule has 1 saturated heterocycles. The van der Waals surface area contributed by atoms with Crippen molar-refractivity contribution in [3.8, 4) is 0 Å². The second-order valence-corrected chi connectivity index (χ2v) is 7.80. The second-order valence-electron chi connectivity index (χ2n) is 5.57. The van der Waals surface area contributed by atoms with Gasteiger partial charge in [-0.2, -0.15) is 0 Å². The summed E-state index contributed by atoms with van der Waals surface area (Å²) >= 11 is 0. The minimum Gasteiger partial charge on any atom is -0.381 e. The van der Waals surface area contributed by atoms with E-state index in [1.165, 1.54) is 0 Å². The van der Waals surface area contributed by atoms with E-state index in [1.54, 1.807) is 7.11 Å². The topological polar surface area (TPSA) is 64.6 Å². The summed E-state index contributed by atoms with van der Waals surface area (Å²) in [5.74, 6) is 0.603. The molecular weight excluding hydrogens is 266 g/mol. The van der Waals surface area contributed by atoms with E-state index in [9.17, 15) is 8.42 Å². The van der Waals surface area contributed by atoms with E-state index in [0.29, 0.717) is 24.6 Å². The molecule has 0 spiro atoms. The maximum atomic E-state index is 11.3. The highest BCUT2D eigenvalue weighted by Gasteiger charge is 2.27. The molecule has 1 heterocycles. The molecule has 6 heteroatoms. The molecule has 0 bridgehead atoms. The lowest BCUT2D eigenvalue weighted by Gasteiger charge is -2.28. The van der Waals surface area contributed by atoms with Crippen molar-refractivity contribution < 1.29 is 17.9 Å². The summed E-state index contributed by atoms with van der Waals surface area (Å²) in [6.45, 7) is 1.38. The summed E-state index contributed by atoms with van der Waals surface area (Å²) in [6.07, 6.45) is 5.76. The van der Waals surface area contributed by atoms with Crippen LogP contribution in [0, 0.1) is 0 Å². The SMILES string of the molecule is COC1CCCC(OCCNC2CCS(=O)(=O)C2)C1. The molecule has 0 radical (unpaired) electrons. The monoisotopic (exact) mass is 291 g/mol. The Bertz CT molecular complexity index is 371. The third kappa shape index (κ3) is 5.02. The fraction of sp³-hybridized carbons (Fsp3) is 1.00. The van der Waals surface area contributed by atoms with E-state index in [2.05, 4.69) is 5.32 Å². The molecule has 19 heavy (non-hydrogen) atoms. The molecule has 0 aromatic carbocycles. The highest BCUT2D eigenvalue weighted by Crippen LogP contribution is 2.22. The largest absolute Gasteiger partial charge is 0.381 e. The first-order valence-corrected chi connectivity index (χ1v) is 8.99. The molecule has 5 nitrogen and oxygen atoms in total. The summed E-state index contributed by atoms with van der Waals surface area (Å²) in [4.78, 5) is 0. The first-order chi connectivity index (χ1) is 9.09. The zero-order valence-corrected chi connectivity index (χ0v) is 12.5. The second kappa shape index (κ2) is 7.02. The Kier molecular flexibility index (Phi) is 5.62. The maximum absolute atomic E-state index is 11.3. The number of ether oxygens (including phenoxy) is 2. The molecule has 112 valence electrons. The Balaban J connectivity index is 1.57. The molecule has 1 N–H and O–H groups in total. The van der Waals surface area contributed by atoms with Gasteiger partial charge in [-0.15, -0.1) is 0 Å². The first kappa shape index (κ1) is 15.2. The average molecular weight is 291 g/mol. The third-order valence-corrected chi connectivity index (χ3v) is 5.80. The van der Waals surface area contributed by atoms with E-state index in [4.69, 9.17) is 9.47 Å². The maximum Gasteiger partial charge on any atom is 0.151 e. The van der Waals surface area contributed by atoms with Crippen molar-refractivity contribution in [1.29, 1.82) is 0 Å². The summed E-state index contributed by atoms with van der Waals surface area (Å²) < 4.78 is 33.8. The number of hydrogen-bond acceptors (Lipinski definition) is 5. The number of methoxy groups -OCH3 is 1. The van der Waals surface area contributed by atoms with Gasteiger partial charge in [-0.3, -0.25) is 0 Å². The van der Waals surface area contributed by atoms with E-state index < -0.39 is 9.84 Å². The standard InChI is InChI=1S/C13H25NO4S/c1-17-12-3-2-4-13(9-12)18-7-6-14-11-5-8-19(15,16)10-11/h11-14H,2-10H2,1H3. The van der Waals surface area contributed by atoms with Crippen LogP contribution in [-0.2, 0) is 19.3 Å². The molecule has 2 rings (SSSR count). The Morgan fingerprint density at radius 3 is 2.68 bits per heavy atom. The molecule has 2 fully saturated rings. The number of sulfone groups is 1. The van der Waals surface area contributed by atoms with Gasteiger partial charge in [0.2, 0.25) is 0 Å². The third-order valence-electron chi connectivity index (χ3n) is 4.03. The number of rotatable bonds is 6. The van der Waals surface area contributed by atoms with Gasteiger partial charge in [0.05, 0.1) is 30.3 Å². The van der Waals surface area contributed by atoms with Crippen LogP contribution in [0.25, 0.3) is 0 Å². The van der Waals surface area contributed by atoms with Gasteiger partial charge in [0.15, 0.2) is 9.84 Å². The van der Waals surface area contributed by atoms with Crippen LogP contribution in [0.2, 0.25) is 0 Å². The minimum absolute atomic E-state index is 0.117. The molecule has 3 atom stereocenters. The Morgan fingerprint density at radius 2 is 2.00 bits per heavy atom. The van der Waals surface area contributed by atoms with Crippen molar-refractivity contribution in [2.75, 3.05) is 31.8 Å². The summed E-state index contributed by atoms with van der Waals surface area (Å²) in [6, 6.07) is 0.117. The van der Waals surface area contributed by atoms with Gasteiger partial charge in [-0.05, 0) is 32.1 Å². The van der Waals surface area contributed by atoms with Crippen molar-refractivity contribution in [3.05, 3.63) is 0 Å². The molecule has 0 aromatic heterocycles. The predicted molar refractivity (Wildman–Crippen MR) is 74.1 cm³/mol. The fourth-order valence-electron chi connectivity index (χ4n) is 2.91. The molecule has 1 saturated carbocycles. The van der Waals surface area contributed by atoms with Gasteiger partial charge in [0.1, 0.15) is 0 Å². The molecule has 0 amide bonds. The van der Waals surface area contributed by atoms with Crippen LogP contribution in [-0.4, -0.2) is 58.4 Å². The summed E-state index contributed by atoms with van der Waals surface area (Å²) in [5, 5.41) is 3.27. The van der Waals surface area contributed by atoms with E-state index >= 15 is 0 Å². The lowest BCUT2D eigenvalue weighted by Crippen LogP contribution is -2.35. The van der Waals surface area contributed by atoms with Crippen LogP contribution in [0.4, 0.5) is 0 Å². The molecule has 3 unspecified atom stereocenters. The van der Waals surface area contributed by atoms with Crippen LogP contribution < -0.4 is 5.32 Å². The Morgan fingerprint density at radius 1 is 1.21 bits per heavy atom. The van der Waals surface area contributed by atoms with E-state index in [-0.39, 0.29) is 11.8 Å². The highest BCUT2D eigenvalue weighted by molar-refractivity contribution is 7.91. The highest BCUT2D eigenvalue weighted by atomic mass is 32.2. The van der Waals surface area contributed by atoms with Crippen molar-refractivity contribution in [2.24, 2.45) is 0 Å². The van der Waals surface area contributed by atoms with E-state index in [0.717, 1.165) is 38.6 Å². The van der Waals surface area contributed by atoms with Gasteiger partial charge in [0, 0.05) is 19.7 Å². The Hall–Kier alpha value is -0.170. The number of nitrogens with one attached hydrogen (secondary N) is 1. The lowest BCUT2D eigenvalue weighted by molar-refractivity contribution is -0.0285. The molecule has 2 aliphatic rings. The van der Waals surface area contributed by atoms with Gasteiger partial charge in [-0.25, -0.2) is 8.42 Å². The van der Waals surface area contributed by atoms with Crippen LogP contribution in [0.3, 0.4) is 0 Å². The van der Waals surface area contributed by atoms with Crippen molar-refractivity contribution in [2.45, 2.75) is 50.4 Å². The van der Waals surface area contributed by atoms with Crippen molar-refractivity contribution in [3.63, 3.8) is 0 Å².